The van der Waals surface area contributed by atoms with Crippen LogP contribution in [0.3, 0.4) is 0 Å². The zero-order valence-electron chi connectivity index (χ0n) is 14.5. The maximum absolute atomic E-state index is 12.2. The summed E-state index contributed by atoms with van der Waals surface area (Å²) in [6, 6.07) is 5.81. The number of aromatic nitrogens is 2. The summed E-state index contributed by atoms with van der Waals surface area (Å²) >= 11 is 0. The van der Waals surface area contributed by atoms with Crippen LogP contribution in [0.2, 0.25) is 0 Å². The average molecular weight is 329 g/mol. The SMILES string of the molecule is COc1cccc([C@@H]2CC(=O)Nc3c2cnn3C)c1OCC(C)C. The number of anilines is 1. The van der Waals surface area contributed by atoms with Crippen molar-refractivity contribution in [2.24, 2.45) is 13.0 Å². The highest BCUT2D eigenvalue weighted by atomic mass is 16.5. The summed E-state index contributed by atoms with van der Waals surface area (Å²) in [6.45, 7) is 4.79. The fourth-order valence-electron chi connectivity index (χ4n) is 2.99. The molecule has 0 unspecified atom stereocenters. The first-order chi connectivity index (χ1) is 11.5. The monoisotopic (exact) mass is 329 g/mol. The van der Waals surface area contributed by atoms with Gasteiger partial charge in [-0.05, 0) is 12.0 Å². The summed E-state index contributed by atoms with van der Waals surface area (Å²) < 4.78 is 13.2. The number of carbonyl (C=O) groups excluding carboxylic acids is 1. The van der Waals surface area contributed by atoms with Gasteiger partial charge in [-0.3, -0.25) is 9.48 Å². The van der Waals surface area contributed by atoms with Crippen LogP contribution in [-0.2, 0) is 11.8 Å². The zero-order valence-corrected chi connectivity index (χ0v) is 14.5. The highest BCUT2D eigenvalue weighted by Crippen LogP contribution is 2.43. The Kier molecular flexibility index (Phi) is 4.46. The predicted octanol–water partition coefficient (Wildman–Crippen LogP) is 2.94. The smallest absolute Gasteiger partial charge is 0.226 e. The molecule has 128 valence electrons. The van der Waals surface area contributed by atoms with Crippen molar-refractivity contribution in [3.8, 4) is 11.5 Å². The van der Waals surface area contributed by atoms with Crippen LogP contribution in [0.1, 0.15) is 37.3 Å². The Balaban J connectivity index is 2.07. The molecule has 0 aliphatic carbocycles. The summed E-state index contributed by atoms with van der Waals surface area (Å²) in [5.74, 6) is 2.42. The Morgan fingerprint density at radius 2 is 2.17 bits per heavy atom. The van der Waals surface area contributed by atoms with Gasteiger partial charge in [-0.1, -0.05) is 26.0 Å². The molecule has 0 radical (unpaired) electrons. The summed E-state index contributed by atoms with van der Waals surface area (Å²) in [5.41, 5.74) is 1.96. The molecule has 24 heavy (non-hydrogen) atoms. The molecule has 0 saturated heterocycles. The van der Waals surface area contributed by atoms with E-state index in [-0.39, 0.29) is 11.8 Å². The number of hydrogen-bond acceptors (Lipinski definition) is 4. The van der Waals surface area contributed by atoms with Crippen LogP contribution in [0.15, 0.2) is 24.4 Å². The Labute approximate surface area is 141 Å². The molecular weight excluding hydrogens is 306 g/mol. The Morgan fingerprint density at radius 3 is 2.88 bits per heavy atom. The molecule has 0 fully saturated rings. The van der Waals surface area contributed by atoms with Gasteiger partial charge in [0.25, 0.3) is 0 Å². The topological polar surface area (TPSA) is 65.4 Å². The van der Waals surface area contributed by atoms with E-state index >= 15 is 0 Å². The van der Waals surface area contributed by atoms with Crippen LogP contribution < -0.4 is 14.8 Å². The molecule has 0 spiro atoms. The Morgan fingerprint density at radius 1 is 1.38 bits per heavy atom. The van der Waals surface area contributed by atoms with E-state index in [0.717, 1.165) is 16.9 Å². The van der Waals surface area contributed by atoms with E-state index < -0.39 is 0 Å². The number of fused-ring (bicyclic) bond motifs is 1. The molecule has 0 saturated carbocycles. The number of ether oxygens (including phenoxy) is 2. The predicted molar refractivity (Wildman–Crippen MR) is 91.6 cm³/mol. The zero-order chi connectivity index (χ0) is 17.3. The highest BCUT2D eigenvalue weighted by molar-refractivity contribution is 5.94. The van der Waals surface area contributed by atoms with Crippen LogP contribution in [0.4, 0.5) is 5.82 Å². The van der Waals surface area contributed by atoms with Gasteiger partial charge < -0.3 is 14.8 Å². The third-order valence-corrected chi connectivity index (χ3v) is 4.16. The van der Waals surface area contributed by atoms with Crippen molar-refractivity contribution in [2.45, 2.75) is 26.2 Å². The molecule has 6 heteroatoms. The molecule has 1 amide bonds. The number of nitrogens with one attached hydrogen (secondary N) is 1. The number of aryl methyl sites for hydroxylation is 1. The standard InChI is InChI=1S/C18H23N3O3/c1-11(2)10-24-17-12(6-5-7-15(17)23-4)13-8-16(22)20-18-14(13)9-19-21(18)3/h5-7,9,11,13H,8,10H2,1-4H3,(H,20,22)/t13-/m0/s1. The third kappa shape index (κ3) is 2.96. The van der Waals surface area contributed by atoms with E-state index in [2.05, 4.69) is 24.3 Å². The van der Waals surface area contributed by atoms with E-state index in [9.17, 15) is 4.79 Å². The van der Waals surface area contributed by atoms with Crippen molar-refractivity contribution >= 4 is 11.7 Å². The lowest BCUT2D eigenvalue weighted by atomic mass is 9.86. The number of para-hydroxylation sites is 1. The number of methoxy groups -OCH3 is 1. The number of benzene rings is 1. The van der Waals surface area contributed by atoms with Crippen molar-refractivity contribution in [2.75, 3.05) is 19.0 Å². The average Bonchev–Trinajstić information content (AvgIpc) is 2.93. The molecule has 1 aliphatic rings. The second-order valence-corrected chi connectivity index (χ2v) is 6.46. The van der Waals surface area contributed by atoms with Gasteiger partial charge in [0.05, 0.1) is 19.9 Å². The van der Waals surface area contributed by atoms with Crippen LogP contribution in [-0.4, -0.2) is 29.4 Å². The molecular formula is C18H23N3O3. The molecule has 1 aromatic heterocycles. The summed E-state index contributed by atoms with van der Waals surface area (Å²) in [4.78, 5) is 12.2. The quantitative estimate of drug-likeness (QED) is 0.916. The van der Waals surface area contributed by atoms with Crippen molar-refractivity contribution in [3.05, 3.63) is 35.5 Å². The van der Waals surface area contributed by atoms with Crippen molar-refractivity contribution < 1.29 is 14.3 Å². The van der Waals surface area contributed by atoms with Gasteiger partial charge in [0.2, 0.25) is 5.91 Å². The minimum absolute atomic E-state index is 0.0197. The minimum Gasteiger partial charge on any atom is -0.493 e. The second-order valence-electron chi connectivity index (χ2n) is 6.46. The number of hydrogen-bond donors (Lipinski definition) is 1. The number of amides is 1. The molecule has 1 N–H and O–H groups in total. The molecule has 2 aromatic rings. The van der Waals surface area contributed by atoms with E-state index in [4.69, 9.17) is 9.47 Å². The van der Waals surface area contributed by atoms with Gasteiger partial charge in [0, 0.05) is 30.5 Å². The second kappa shape index (κ2) is 6.55. The lowest BCUT2D eigenvalue weighted by Crippen LogP contribution is -2.24. The van der Waals surface area contributed by atoms with Gasteiger partial charge in [0.1, 0.15) is 5.82 Å². The van der Waals surface area contributed by atoms with E-state index in [1.165, 1.54) is 0 Å². The molecule has 6 nitrogen and oxygen atoms in total. The fraction of sp³-hybridized carbons (Fsp3) is 0.444. The van der Waals surface area contributed by atoms with Crippen molar-refractivity contribution in [1.29, 1.82) is 0 Å². The molecule has 1 aromatic carbocycles. The molecule has 1 atom stereocenters. The lowest BCUT2D eigenvalue weighted by molar-refractivity contribution is -0.116. The molecule has 2 heterocycles. The minimum atomic E-state index is -0.0975. The van der Waals surface area contributed by atoms with E-state index in [0.29, 0.717) is 30.4 Å². The van der Waals surface area contributed by atoms with Gasteiger partial charge in [-0.2, -0.15) is 5.10 Å². The highest BCUT2D eigenvalue weighted by Gasteiger charge is 2.32. The number of nitrogens with zero attached hydrogens (tertiary/aromatic N) is 2. The fourth-order valence-corrected chi connectivity index (χ4v) is 2.99. The lowest BCUT2D eigenvalue weighted by Gasteiger charge is -2.26. The Hall–Kier alpha value is -2.50. The summed E-state index contributed by atoms with van der Waals surface area (Å²) in [5, 5.41) is 7.18. The van der Waals surface area contributed by atoms with Crippen LogP contribution >= 0.6 is 0 Å². The van der Waals surface area contributed by atoms with Gasteiger partial charge in [0.15, 0.2) is 11.5 Å². The van der Waals surface area contributed by atoms with Crippen molar-refractivity contribution in [1.82, 2.24) is 9.78 Å². The van der Waals surface area contributed by atoms with Gasteiger partial charge >= 0.3 is 0 Å². The first-order valence-corrected chi connectivity index (χ1v) is 8.12. The third-order valence-electron chi connectivity index (χ3n) is 4.16. The number of carbonyl (C=O) groups is 1. The van der Waals surface area contributed by atoms with Crippen LogP contribution in [0, 0.1) is 5.92 Å². The largest absolute Gasteiger partial charge is 0.493 e. The maximum Gasteiger partial charge on any atom is 0.226 e. The van der Waals surface area contributed by atoms with E-state index in [1.54, 1.807) is 11.8 Å². The van der Waals surface area contributed by atoms with Crippen molar-refractivity contribution in [3.63, 3.8) is 0 Å². The summed E-state index contributed by atoms with van der Waals surface area (Å²) in [6.07, 6.45) is 2.18. The van der Waals surface area contributed by atoms with E-state index in [1.807, 2.05) is 31.4 Å². The van der Waals surface area contributed by atoms with Gasteiger partial charge in [-0.15, -0.1) is 0 Å². The first kappa shape index (κ1) is 16.4. The normalized spacial score (nSPS) is 16.7. The van der Waals surface area contributed by atoms with Crippen LogP contribution in [0.5, 0.6) is 11.5 Å². The summed E-state index contributed by atoms with van der Waals surface area (Å²) in [7, 11) is 3.45. The van der Waals surface area contributed by atoms with Crippen LogP contribution in [0.25, 0.3) is 0 Å². The first-order valence-electron chi connectivity index (χ1n) is 8.12. The molecule has 3 rings (SSSR count). The van der Waals surface area contributed by atoms with Gasteiger partial charge in [-0.25, -0.2) is 0 Å². The Bertz CT molecular complexity index is 752. The molecule has 0 bridgehead atoms. The number of rotatable bonds is 5. The molecule has 1 aliphatic heterocycles. The maximum atomic E-state index is 12.2.